The zero-order valence-corrected chi connectivity index (χ0v) is 33.1. The van der Waals surface area contributed by atoms with Crippen molar-refractivity contribution in [3.05, 3.63) is 30.4 Å². The number of H-pyrrole nitrogens is 1. The summed E-state index contributed by atoms with van der Waals surface area (Å²) >= 11 is 0. The molecular formula is C40H71N3O11. The van der Waals surface area contributed by atoms with Crippen molar-refractivity contribution >= 4 is 17.8 Å². The van der Waals surface area contributed by atoms with Crippen molar-refractivity contribution in [1.82, 2.24) is 15.3 Å². The molecule has 14 nitrogen and oxygen atoms in total. The Hall–Kier alpha value is -2.88. The van der Waals surface area contributed by atoms with Gasteiger partial charge in [0.15, 0.2) is 0 Å². The van der Waals surface area contributed by atoms with Crippen LogP contribution in [0, 0.1) is 0 Å². The van der Waals surface area contributed by atoms with Crippen LogP contribution in [0.3, 0.4) is 0 Å². The average Bonchev–Trinajstić information content (AvgIpc) is 3.71. The minimum absolute atomic E-state index is 0.127. The number of nitrogens with zero attached hydrogens (tertiary/aromatic N) is 1. The molecular weight excluding hydrogens is 698 g/mol. The number of ether oxygens (including phenoxy) is 7. The van der Waals surface area contributed by atoms with Crippen molar-refractivity contribution in [2.75, 3.05) is 85.8 Å². The van der Waals surface area contributed by atoms with Gasteiger partial charge in [0.1, 0.15) is 18.4 Å². The predicted molar refractivity (Wildman–Crippen MR) is 207 cm³/mol. The second kappa shape index (κ2) is 38.4. The van der Waals surface area contributed by atoms with Gasteiger partial charge in [0, 0.05) is 32.6 Å². The van der Waals surface area contributed by atoms with Crippen molar-refractivity contribution < 1.29 is 52.6 Å². The molecule has 1 rings (SSSR count). The van der Waals surface area contributed by atoms with E-state index in [-0.39, 0.29) is 24.4 Å². The van der Waals surface area contributed by atoms with Gasteiger partial charge in [0.2, 0.25) is 0 Å². The van der Waals surface area contributed by atoms with Gasteiger partial charge in [-0.15, -0.1) is 0 Å². The summed E-state index contributed by atoms with van der Waals surface area (Å²) in [5, 5.41) is 11.5. The molecule has 0 aliphatic heterocycles. The SMILES string of the molecule is CCCCCC/C=C\COC(=O)CCCCCCCOC(COCCCCCCCC(=O)O)COCCOCCOCCOCCNC(=O)c1cnc[nH]1. The van der Waals surface area contributed by atoms with Crippen molar-refractivity contribution in [2.24, 2.45) is 0 Å². The van der Waals surface area contributed by atoms with Crippen LogP contribution in [-0.2, 0) is 42.7 Å². The number of hydrogen-bond donors (Lipinski definition) is 3. The van der Waals surface area contributed by atoms with E-state index in [0.29, 0.717) is 97.9 Å². The lowest BCUT2D eigenvalue weighted by Gasteiger charge is -2.18. The summed E-state index contributed by atoms with van der Waals surface area (Å²) in [5.41, 5.74) is 0.412. The van der Waals surface area contributed by atoms with E-state index >= 15 is 0 Å². The minimum atomic E-state index is -0.738. The van der Waals surface area contributed by atoms with Crippen LogP contribution >= 0.6 is 0 Å². The predicted octanol–water partition coefficient (Wildman–Crippen LogP) is 6.44. The third kappa shape index (κ3) is 33.7. The van der Waals surface area contributed by atoms with Gasteiger partial charge >= 0.3 is 11.9 Å². The third-order valence-corrected chi connectivity index (χ3v) is 8.29. The number of aromatic nitrogens is 2. The molecule has 1 amide bonds. The van der Waals surface area contributed by atoms with E-state index in [0.717, 1.165) is 70.6 Å². The Bertz CT molecular complexity index is 1030. The first-order valence-corrected chi connectivity index (χ1v) is 20.3. The van der Waals surface area contributed by atoms with Crippen molar-refractivity contribution in [1.29, 1.82) is 0 Å². The van der Waals surface area contributed by atoms with Gasteiger partial charge in [-0.3, -0.25) is 14.4 Å². The molecule has 54 heavy (non-hydrogen) atoms. The van der Waals surface area contributed by atoms with Crippen LogP contribution < -0.4 is 5.32 Å². The van der Waals surface area contributed by atoms with Gasteiger partial charge in [-0.25, -0.2) is 4.98 Å². The Balaban J connectivity index is 2.09. The number of carbonyl (C=O) groups is 3. The molecule has 1 aromatic heterocycles. The first-order chi connectivity index (χ1) is 26.5. The van der Waals surface area contributed by atoms with E-state index in [1.54, 1.807) is 0 Å². The number of aromatic amines is 1. The van der Waals surface area contributed by atoms with Crippen LogP contribution in [0.2, 0.25) is 0 Å². The van der Waals surface area contributed by atoms with Gasteiger partial charge in [-0.1, -0.05) is 76.9 Å². The summed E-state index contributed by atoms with van der Waals surface area (Å²) in [6.07, 6.45) is 22.9. The van der Waals surface area contributed by atoms with Gasteiger partial charge in [0.25, 0.3) is 5.91 Å². The van der Waals surface area contributed by atoms with Gasteiger partial charge in [-0.2, -0.15) is 0 Å². The highest BCUT2D eigenvalue weighted by Crippen LogP contribution is 2.09. The molecule has 312 valence electrons. The fourth-order valence-corrected chi connectivity index (χ4v) is 5.20. The maximum Gasteiger partial charge on any atom is 0.306 e. The molecule has 0 fully saturated rings. The molecule has 1 unspecified atom stereocenters. The highest BCUT2D eigenvalue weighted by atomic mass is 16.6. The van der Waals surface area contributed by atoms with Crippen molar-refractivity contribution in [3.8, 4) is 0 Å². The Kier molecular flexibility index (Phi) is 34.9. The smallest absolute Gasteiger partial charge is 0.306 e. The quantitative estimate of drug-likeness (QED) is 0.0378. The van der Waals surface area contributed by atoms with Crippen LogP contribution in [-0.4, -0.2) is 125 Å². The van der Waals surface area contributed by atoms with Crippen molar-refractivity contribution in [2.45, 2.75) is 122 Å². The van der Waals surface area contributed by atoms with Gasteiger partial charge < -0.3 is 48.6 Å². The number of esters is 1. The Morgan fingerprint density at radius 3 is 1.96 bits per heavy atom. The number of imidazole rings is 1. The molecule has 3 N–H and O–H groups in total. The molecule has 0 aromatic carbocycles. The normalized spacial score (nSPS) is 12.0. The van der Waals surface area contributed by atoms with Crippen LogP contribution in [0.25, 0.3) is 0 Å². The summed E-state index contributed by atoms with van der Waals surface area (Å²) < 4.78 is 39.7. The first-order valence-electron chi connectivity index (χ1n) is 20.3. The van der Waals surface area contributed by atoms with E-state index in [1.165, 1.54) is 38.2 Å². The Labute approximate surface area is 323 Å². The second-order valence-electron chi connectivity index (χ2n) is 13.1. The molecule has 1 atom stereocenters. The average molecular weight is 770 g/mol. The lowest BCUT2D eigenvalue weighted by Crippen LogP contribution is -2.28. The molecule has 0 saturated carbocycles. The van der Waals surface area contributed by atoms with Crippen LogP contribution in [0.1, 0.15) is 127 Å². The van der Waals surface area contributed by atoms with Gasteiger partial charge in [-0.05, 0) is 38.5 Å². The molecule has 0 bridgehead atoms. The molecule has 0 saturated heterocycles. The van der Waals surface area contributed by atoms with E-state index in [9.17, 15) is 14.4 Å². The van der Waals surface area contributed by atoms with E-state index in [4.69, 9.17) is 38.3 Å². The molecule has 1 aromatic rings. The van der Waals surface area contributed by atoms with Crippen LogP contribution in [0.4, 0.5) is 0 Å². The summed E-state index contributed by atoms with van der Waals surface area (Å²) in [4.78, 5) is 41.0. The van der Waals surface area contributed by atoms with Crippen molar-refractivity contribution in [3.63, 3.8) is 0 Å². The molecule has 0 aliphatic carbocycles. The van der Waals surface area contributed by atoms with E-state index in [1.807, 2.05) is 6.08 Å². The standard InChI is InChI=1S/C40H71N3O11/c1-2-3-4-5-6-12-18-24-54-39(46)20-15-10-8-13-17-23-53-36(33-51-22-16-11-7-9-14-19-38(44)45)34-52-31-30-50-29-28-49-27-26-48-25-21-42-40(47)37-32-41-35-43-37/h12,18,32,35-36H,2-11,13-17,19-31,33-34H2,1H3,(H,41,43)(H,42,47)(H,44,45)/b18-12-. The topological polar surface area (TPSA) is 177 Å². The van der Waals surface area contributed by atoms with Gasteiger partial charge in [0.05, 0.1) is 72.0 Å². The number of amides is 1. The number of nitrogens with one attached hydrogen (secondary N) is 2. The second-order valence-corrected chi connectivity index (χ2v) is 13.1. The van der Waals surface area contributed by atoms with Crippen LogP contribution in [0.5, 0.6) is 0 Å². The molecule has 1 heterocycles. The lowest BCUT2D eigenvalue weighted by molar-refractivity contribution is -0.142. The molecule has 0 aliphatic rings. The zero-order valence-electron chi connectivity index (χ0n) is 33.1. The number of allylic oxidation sites excluding steroid dienone is 1. The Morgan fingerprint density at radius 1 is 0.704 bits per heavy atom. The number of aliphatic carboxylic acids is 1. The lowest BCUT2D eigenvalue weighted by atomic mass is 10.1. The third-order valence-electron chi connectivity index (χ3n) is 8.29. The number of hydrogen-bond acceptors (Lipinski definition) is 11. The maximum atomic E-state index is 12.0. The van der Waals surface area contributed by atoms with E-state index < -0.39 is 5.97 Å². The minimum Gasteiger partial charge on any atom is -0.481 e. The molecule has 0 radical (unpaired) electrons. The summed E-state index contributed by atoms with van der Waals surface area (Å²) in [6, 6.07) is 0. The molecule has 0 spiro atoms. The monoisotopic (exact) mass is 770 g/mol. The fourth-order valence-electron chi connectivity index (χ4n) is 5.20. The van der Waals surface area contributed by atoms with Crippen LogP contribution in [0.15, 0.2) is 24.7 Å². The summed E-state index contributed by atoms with van der Waals surface area (Å²) in [6.45, 7) is 8.08. The first kappa shape index (κ1) is 49.1. The number of carboxylic acids is 1. The largest absolute Gasteiger partial charge is 0.481 e. The molecule has 14 heteroatoms. The number of carboxylic acid groups (broad SMARTS) is 1. The Morgan fingerprint density at radius 2 is 1.30 bits per heavy atom. The summed E-state index contributed by atoms with van der Waals surface area (Å²) in [5.74, 6) is -1.09. The maximum absolute atomic E-state index is 12.0. The summed E-state index contributed by atoms with van der Waals surface area (Å²) in [7, 11) is 0. The number of carbonyl (C=O) groups excluding carboxylic acids is 2. The zero-order chi connectivity index (χ0) is 39.0. The van der Waals surface area contributed by atoms with E-state index in [2.05, 4.69) is 28.3 Å². The number of unbranched alkanes of at least 4 members (excludes halogenated alkanes) is 12. The highest BCUT2D eigenvalue weighted by molar-refractivity contribution is 5.91. The number of rotatable bonds is 41. The fraction of sp³-hybridized carbons (Fsp3) is 0.800. The highest BCUT2D eigenvalue weighted by Gasteiger charge is 2.11.